The summed E-state index contributed by atoms with van der Waals surface area (Å²) in [7, 11) is 0. The van der Waals surface area contributed by atoms with Crippen LogP contribution in [0.25, 0.3) is 0 Å². The van der Waals surface area contributed by atoms with Gasteiger partial charge in [-0.1, -0.05) is 15.9 Å². The van der Waals surface area contributed by atoms with Gasteiger partial charge in [-0.25, -0.2) is 4.98 Å². The van der Waals surface area contributed by atoms with Crippen LogP contribution in [0.3, 0.4) is 0 Å². The number of anilines is 3. The fourth-order valence-corrected chi connectivity index (χ4v) is 2.26. The molecular formula is C15H19BrN4. The van der Waals surface area contributed by atoms with Crippen LogP contribution in [0.4, 0.5) is 17.5 Å². The third-order valence-corrected chi connectivity index (χ3v) is 4.15. The second-order valence-corrected chi connectivity index (χ2v) is 5.59. The van der Waals surface area contributed by atoms with E-state index in [4.69, 9.17) is 0 Å². The molecule has 0 fully saturated rings. The highest BCUT2D eigenvalue weighted by molar-refractivity contribution is 9.10. The molecule has 0 unspecified atom stereocenters. The predicted molar refractivity (Wildman–Crippen MR) is 87.8 cm³/mol. The van der Waals surface area contributed by atoms with Gasteiger partial charge in [0.25, 0.3) is 0 Å². The molecule has 0 radical (unpaired) electrons. The van der Waals surface area contributed by atoms with Crippen LogP contribution in [0.2, 0.25) is 0 Å². The van der Waals surface area contributed by atoms with Gasteiger partial charge in [0.2, 0.25) is 5.95 Å². The summed E-state index contributed by atoms with van der Waals surface area (Å²) in [6.45, 7) is 8.96. The Hall–Kier alpha value is -1.62. The minimum Gasteiger partial charge on any atom is -0.354 e. The summed E-state index contributed by atoms with van der Waals surface area (Å²) in [5.41, 5.74) is 4.36. The molecule has 0 bridgehead atoms. The monoisotopic (exact) mass is 334 g/mol. The first-order chi connectivity index (χ1) is 9.49. The maximum atomic E-state index is 4.46. The molecule has 0 atom stereocenters. The highest BCUT2D eigenvalue weighted by atomic mass is 79.9. The van der Waals surface area contributed by atoms with Crippen molar-refractivity contribution in [1.29, 1.82) is 0 Å². The number of aromatic nitrogens is 2. The van der Waals surface area contributed by atoms with Gasteiger partial charge in [-0.3, -0.25) is 0 Å². The van der Waals surface area contributed by atoms with Gasteiger partial charge in [0.1, 0.15) is 5.82 Å². The zero-order valence-corrected chi connectivity index (χ0v) is 13.8. The minimum atomic E-state index is 0.653. The first-order valence-electron chi connectivity index (χ1n) is 6.63. The summed E-state index contributed by atoms with van der Waals surface area (Å²) in [4.78, 5) is 8.80. The lowest BCUT2D eigenvalue weighted by Gasteiger charge is -2.11. The molecule has 1 heterocycles. The molecule has 2 aromatic rings. The maximum Gasteiger partial charge on any atom is 0.224 e. The molecule has 5 heteroatoms. The molecule has 0 aliphatic rings. The van der Waals surface area contributed by atoms with Gasteiger partial charge in [0.05, 0.1) is 0 Å². The summed E-state index contributed by atoms with van der Waals surface area (Å²) < 4.78 is 1.15. The Kier molecular flexibility index (Phi) is 4.60. The van der Waals surface area contributed by atoms with Gasteiger partial charge in [-0.15, -0.1) is 0 Å². The number of nitrogens with one attached hydrogen (secondary N) is 2. The van der Waals surface area contributed by atoms with Crippen molar-refractivity contribution in [3.05, 3.63) is 39.5 Å². The Morgan fingerprint density at radius 2 is 1.70 bits per heavy atom. The summed E-state index contributed by atoms with van der Waals surface area (Å²) in [6, 6.07) is 6.14. The highest BCUT2D eigenvalue weighted by Crippen LogP contribution is 2.26. The molecule has 0 aliphatic heterocycles. The van der Waals surface area contributed by atoms with E-state index >= 15 is 0 Å². The number of rotatable bonds is 4. The van der Waals surface area contributed by atoms with Crippen molar-refractivity contribution < 1.29 is 0 Å². The fraction of sp³-hybridized carbons (Fsp3) is 0.333. The van der Waals surface area contributed by atoms with Crippen LogP contribution in [-0.2, 0) is 0 Å². The third-order valence-electron chi connectivity index (χ3n) is 2.90. The van der Waals surface area contributed by atoms with E-state index in [9.17, 15) is 0 Å². The standard InChI is InChI=1S/C15H19BrN4/c1-5-17-15-18-11(4)8-13(20-15)19-12-6-9(2)14(16)10(3)7-12/h6-8H,5H2,1-4H3,(H2,17,18,19,20). The second-order valence-electron chi connectivity index (χ2n) is 4.80. The van der Waals surface area contributed by atoms with E-state index in [1.807, 2.05) is 19.9 Å². The maximum absolute atomic E-state index is 4.46. The Bertz CT molecular complexity index is 602. The van der Waals surface area contributed by atoms with E-state index < -0.39 is 0 Å². The highest BCUT2D eigenvalue weighted by Gasteiger charge is 2.05. The van der Waals surface area contributed by atoms with Gasteiger partial charge >= 0.3 is 0 Å². The lowest BCUT2D eigenvalue weighted by atomic mass is 10.1. The van der Waals surface area contributed by atoms with Crippen molar-refractivity contribution in [1.82, 2.24) is 9.97 Å². The Balaban J connectivity index is 2.30. The van der Waals surface area contributed by atoms with Crippen LogP contribution in [0.15, 0.2) is 22.7 Å². The number of halogens is 1. The van der Waals surface area contributed by atoms with Gasteiger partial charge in [0.15, 0.2) is 0 Å². The van der Waals surface area contributed by atoms with Gasteiger partial charge < -0.3 is 10.6 Å². The zero-order chi connectivity index (χ0) is 14.7. The van der Waals surface area contributed by atoms with Crippen LogP contribution < -0.4 is 10.6 Å². The van der Waals surface area contributed by atoms with Gasteiger partial charge in [-0.2, -0.15) is 4.98 Å². The molecule has 20 heavy (non-hydrogen) atoms. The van der Waals surface area contributed by atoms with E-state index in [2.05, 4.69) is 62.5 Å². The molecule has 0 aliphatic carbocycles. The molecule has 0 spiro atoms. The molecule has 1 aromatic carbocycles. The van der Waals surface area contributed by atoms with Crippen LogP contribution in [0.1, 0.15) is 23.7 Å². The van der Waals surface area contributed by atoms with Crippen LogP contribution in [-0.4, -0.2) is 16.5 Å². The van der Waals surface area contributed by atoms with Crippen molar-refractivity contribution in [3.63, 3.8) is 0 Å². The average Bonchev–Trinajstić information content (AvgIpc) is 2.35. The summed E-state index contributed by atoms with van der Waals surface area (Å²) in [6.07, 6.45) is 0. The lowest BCUT2D eigenvalue weighted by molar-refractivity contribution is 1.05. The molecule has 106 valence electrons. The van der Waals surface area contributed by atoms with Gasteiger partial charge in [-0.05, 0) is 51.0 Å². The van der Waals surface area contributed by atoms with Crippen LogP contribution in [0.5, 0.6) is 0 Å². The average molecular weight is 335 g/mol. The second kappa shape index (κ2) is 6.22. The van der Waals surface area contributed by atoms with Crippen molar-refractivity contribution in [3.8, 4) is 0 Å². The number of hydrogen-bond donors (Lipinski definition) is 2. The van der Waals surface area contributed by atoms with E-state index in [1.54, 1.807) is 0 Å². The number of aryl methyl sites for hydroxylation is 3. The summed E-state index contributed by atoms with van der Waals surface area (Å²) >= 11 is 3.58. The smallest absolute Gasteiger partial charge is 0.224 e. The SMILES string of the molecule is CCNc1nc(C)cc(Nc2cc(C)c(Br)c(C)c2)n1. The minimum absolute atomic E-state index is 0.653. The normalized spacial score (nSPS) is 10.4. The lowest BCUT2D eigenvalue weighted by Crippen LogP contribution is -2.05. The van der Waals surface area contributed by atoms with Gasteiger partial charge in [0, 0.05) is 28.5 Å². The van der Waals surface area contributed by atoms with E-state index in [-0.39, 0.29) is 0 Å². The first-order valence-corrected chi connectivity index (χ1v) is 7.42. The summed E-state index contributed by atoms with van der Waals surface area (Å²) in [5.74, 6) is 1.45. The Labute approximate surface area is 128 Å². The van der Waals surface area contributed by atoms with Crippen molar-refractivity contribution in [2.75, 3.05) is 17.2 Å². The zero-order valence-electron chi connectivity index (χ0n) is 12.2. The number of hydrogen-bond acceptors (Lipinski definition) is 4. The molecule has 0 amide bonds. The Morgan fingerprint density at radius 3 is 2.30 bits per heavy atom. The van der Waals surface area contributed by atoms with Crippen molar-refractivity contribution >= 4 is 33.4 Å². The molecule has 0 saturated carbocycles. The Morgan fingerprint density at radius 1 is 1.05 bits per heavy atom. The topological polar surface area (TPSA) is 49.8 Å². The predicted octanol–water partition coefficient (Wildman–Crippen LogP) is 4.34. The largest absolute Gasteiger partial charge is 0.354 e. The van der Waals surface area contributed by atoms with Crippen molar-refractivity contribution in [2.45, 2.75) is 27.7 Å². The number of benzene rings is 1. The molecule has 2 N–H and O–H groups in total. The van der Waals surface area contributed by atoms with E-state index in [1.165, 1.54) is 11.1 Å². The van der Waals surface area contributed by atoms with Crippen LogP contribution in [0, 0.1) is 20.8 Å². The molecule has 2 rings (SSSR count). The molecule has 0 saturated heterocycles. The molecule has 4 nitrogen and oxygen atoms in total. The molecular weight excluding hydrogens is 316 g/mol. The third kappa shape index (κ3) is 3.48. The number of nitrogens with zero attached hydrogens (tertiary/aromatic N) is 2. The van der Waals surface area contributed by atoms with E-state index in [0.717, 1.165) is 28.2 Å². The fourth-order valence-electron chi connectivity index (χ4n) is 2.04. The quantitative estimate of drug-likeness (QED) is 0.873. The van der Waals surface area contributed by atoms with Crippen LogP contribution >= 0.6 is 15.9 Å². The van der Waals surface area contributed by atoms with E-state index in [0.29, 0.717) is 5.95 Å². The summed E-state index contributed by atoms with van der Waals surface area (Å²) in [5, 5.41) is 6.48. The molecule has 1 aromatic heterocycles. The first kappa shape index (κ1) is 14.8. The van der Waals surface area contributed by atoms with Crippen molar-refractivity contribution in [2.24, 2.45) is 0 Å².